The van der Waals surface area contributed by atoms with Crippen molar-refractivity contribution < 1.29 is 14.6 Å². The van der Waals surface area contributed by atoms with Crippen LogP contribution >= 0.6 is 0 Å². The van der Waals surface area contributed by atoms with Crippen LogP contribution < -0.4 is 9.47 Å². The van der Waals surface area contributed by atoms with Crippen molar-refractivity contribution >= 4 is 0 Å². The molecule has 1 aromatic carbocycles. The SMILES string of the molecule is CC(C)(C)Oc1cc(O)ccc1OC1CCCCC1. The second-order valence-corrected chi connectivity index (χ2v) is 6.22. The van der Waals surface area contributed by atoms with Crippen LogP contribution in [-0.2, 0) is 0 Å². The lowest BCUT2D eigenvalue weighted by atomic mass is 9.98. The quantitative estimate of drug-likeness (QED) is 0.885. The highest BCUT2D eigenvalue weighted by atomic mass is 16.5. The lowest BCUT2D eigenvalue weighted by Crippen LogP contribution is -2.24. The third-order valence-corrected chi connectivity index (χ3v) is 3.19. The average Bonchev–Trinajstić information content (AvgIpc) is 2.32. The molecule has 0 radical (unpaired) electrons. The highest BCUT2D eigenvalue weighted by Gasteiger charge is 2.20. The Kier molecular flexibility index (Phi) is 4.23. The van der Waals surface area contributed by atoms with Gasteiger partial charge in [-0.2, -0.15) is 0 Å². The van der Waals surface area contributed by atoms with Crippen LogP contribution in [-0.4, -0.2) is 16.8 Å². The number of ether oxygens (including phenoxy) is 2. The monoisotopic (exact) mass is 264 g/mol. The molecule has 0 bridgehead atoms. The molecule has 1 saturated carbocycles. The maximum Gasteiger partial charge on any atom is 0.165 e. The Morgan fingerprint density at radius 1 is 1.05 bits per heavy atom. The van der Waals surface area contributed by atoms with Crippen LogP contribution in [0, 0.1) is 0 Å². The molecule has 1 N–H and O–H groups in total. The summed E-state index contributed by atoms with van der Waals surface area (Å²) in [6.07, 6.45) is 6.27. The van der Waals surface area contributed by atoms with Crippen molar-refractivity contribution in [1.29, 1.82) is 0 Å². The van der Waals surface area contributed by atoms with Gasteiger partial charge in [-0.05, 0) is 58.6 Å². The number of aromatic hydroxyl groups is 1. The van der Waals surface area contributed by atoms with E-state index in [4.69, 9.17) is 9.47 Å². The minimum atomic E-state index is -0.307. The minimum absolute atomic E-state index is 0.204. The molecule has 0 atom stereocenters. The van der Waals surface area contributed by atoms with E-state index in [9.17, 15) is 5.11 Å². The zero-order chi connectivity index (χ0) is 13.9. The van der Waals surface area contributed by atoms with Gasteiger partial charge in [0.15, 0.2) is 11.5 Å². The molecule has 0 amide bonds. The smallest absolute Gasteiger partial charge is 0.165 e. The fourth-order valence-electron chi connectivity index (χ4n) is 2.37. The van der Waals surface area contributed by atoms with Gasteiger partial charge in [-0.1, -0.05) is 6.42 Å². The fourth-order valence-corrected chi connectivity index (χ4v) is 2.37. The van der Waals surface area contributed by atoms with Crippen LogP contribution in [0.1, 0.15) is 52.9 Å². The van der Waals surface area contributed by atoms with Crippen molar-refractivity contribution in [3.63, 3.8) is 0 Å². The van der Waals surface area contributed by atoms with Gasteiger partial charge >= 0.3 is 0 Å². The first-order valence-corrected chi connectivity index (χ1v) is 7.13. The Labute approximate surface area is 115 Å². The highest BCUT2D eigenvalue weighted by molar-refractivity contribution is 5.45. The predicted octanol–water partition coefficient (Wildman–Crippen LogP) is 4.28. The topological polar surface area (TPSA) is 38.7 Å². The van der Waals surface area contributed by atoms with Crippen molar-refractivity contribution in [1.82, 2.24) is 0 Å². The lowest BCUT2D eigenvalue weighted by Gasteiger charge is -2.27. The summed E-state index contributed by atoms with van der Waals surface area (Å²) in [4.78, 5) is 0. The predicted molar refractivity (Wildman–Crippen MR) is 76.0 cm³/mol. The van der Waals surface area contributed by atoms with Crippen molar-refractivity contribution in [3.05, 3.63) is 18.2 Å². The lowest BCUT2D eigenvalue weighted by molar-refractivity contribution is 0.107. The van der Waals surface area contributed by atoms with E-state index >= 15 is 0 Å². The number of phenolic OH excluding ortho intramolecular Hbond substituents is 1. The molecule has 0 spiro atoms. The molecule has 0 unspecified atom stereocenters. The van der Waals surface area contributed by atoms with Crippen LogP contribution in [0.4, 0.5) is 0 Å². The molecule has 3 nitrogen and oxygen atoms in total. The van der Waals surface area contributed by atoms with Crippen molar-refractivity contribution in [2.45, 2.75) is 64.6 Å². The molecule has 0 heterocycles. The molecular formula is C16H24O3. The van der Waals surface area contributed by atoms with E-state index in [-0.39, 0.29) is 17.5 Å². The van der Waals surface area contributed by atoms with Gasteiger partial charge in [0.25, 0.3) is 0 Å². The van der Waals surface area contributed by atoms with Gasteiger partial charge in [0.05, 0.1) is 6.10 Å². The molecule has 19 heavy (non-hydrogen) atoms. The molecule has 1 aliphatic carbocycles. The summed E-state index contributed by atoms with van der Waals surface area (Å²) in [6.45, 7) is 5.96. The summed E-state index contributed by atoms with van der Waals surface area (Å²) in [6, 6.07) is 5.07. The molecule has 0 saturated heterocycles. The van der Waals surface area contributed by atoms with Gasteiger partial charge in [-0.3, -0.25) is 0 Å². The summed E-state index contributed by atoms with van der Waals surface area (Å²) in [7, 11) is 0. The van der Waals surface area contributed by atoms with Crippen molar-refractivity contribution in [2.75, 3.05) is 0 Å². The van der Waals surface area contributed by atoms with E-state index in [1.54, 1.807) is 18.2 Å². The Balaban J connectivity index is 2.13. The first kappa shape index (κ1) is 14.0. The maximum absolute atomic E-state index is 9.60. The standard InChI is InChI=1S/C16H24O3/c1-16(2,3)19-15-11-12(17)9-10-14(15)18-13-7-5-4-6-8-13/h9-11,13,17H,4-8H2,1-3H3. The molecule has 0 aromatic heterocycles. The molecule has 1 aromatic rings. The fraction of sp³-hybridized carbons (Fsp3) is 0.625. The van der Waals surface area contributed by atoms with E-state index in [1.807, 2.05) is 20.8 Å². The third-order valence-electron chi connectivity index (χ3n) is 3.19. The van der Waals surface area contributed by atoms with E-state index in [0.717, 1.165) is 18.6 Å². The van der Waals surface area contributed by atoms with Gasteiger partial charge in [-0.15, -0.1) is 0 Å². The zero-order valence-electron chi connectivity index (χ0n) is 12.1. The van der Waals surface area contributed by atoms with Crippen molar-refractivity contribution in [3.8, 4) is 17.2 Å². The summed E-state index contributed by atoms with van der Waals surface area (Å²) in [5.41, 5.74) is -0.307. The second-order valence-electron chi connectivity index (χ2n) is 6.22. The second kappa shape index (κ2) is 5.72. The normalized spacial score (nSPS) is 17.2. The molecule has 1 fully saturated rings. The summed E-state index contributed by atoms with van der Waals surface area (Å²) >= 11 is 0. The Morgan fingerprint density at radius 2 is 1.74 bits per heavy atom. The van der Waals surface area contributed by atoms with E-state index in [2.05, 4.69) is 0 Å². The van der Waals surface area contributed by atoms with Crippen LogP contribution in [0.3, 0.4) is 0 Å². The number of phenols is 1. The van der Waals surface area contributed by atoms with E-state index in [0.29, 0.717) is 5.75 Å². The van der Waals surface area contributed by atoms with Crippen LogP contribution in [0.15, 0.2) is 18.2 Å². The molecule has 0 aliphatic heterocycles. The molecule has 2 rings (SSSR count). The molecule has 3 heteroatoms. The van der Waals surface area contributed by atoms with Gasteiger partial charge in [0.1, 0.15) is 11.4 Å². The van der Waals surface area contributed by atoms with Crippen LogP contribution in [0.5, 0.6) is 17.2 Å². The Bertz CT molecular complexity index is 414. The van der Waals surface area contributed by atoms with E-state index < -0.39 is 0 Å². The number of benzene rings is 1. The molecule has 106 valence electrons. The first-order valence-electron chi connectivity index (χ1n) is 7.13. The van der Waals surface area contributed by atoms with Crippen LogP contribution in [0.25, 0.3) is 0 Å². The summed E-state index contributed by atoms with van der Waals surface area (Å²) in [5, 5.41) is 9.60. The highest BCUT2D eigenvalue weighted by Crippen LogP contribution is 2.35. The number of hydrogen-bond donors (Lipinski definition) is 1. The molecular weight excluding hydrogens is 240 g/mol. The van der Waals surface area contributed by atoms with Crippen molar-refractivity contribution in [2.24, 2.45) is 0 Å². The van der Waals surface area contributed by atoms with Gasteiger partial charge in [-0.25, -0.2) is 0 Å². The Morgan fingerprint density at radius 3 is 2.37 bits per heavy atom. The molecule has 1 aliphatic rings. The minimum Gasteiger partial charge on any atom is -0.508 e. The van der Waals surface area contributed by atoms with E-state index in [1.165, 1.54) is 19.3 Å². The number of rotatable bonds is 3. The zero-order valence-corrected chi connectivity index (χ0v) is 12.1. The third kappa shape index (κ3) is 4.34. The average molecular weight is 264 g/mol. The van der Waals surface area contributed by atoms with Gasteiger partial charge < -0.3 is 14.6 Å². The van der Waals surface area contributed by atoms with Gasteiger partial charge in [0.2, 0.25) is 0 Å². The summed E-state index contributed by atoms with van der Waals surface area (Å²) in [5.74, 6) is 1.56. The summed E-state index contributed by atoms with van der Waals surface area (Å²) < 4.78 is 11.9. The van der Waals surface area contributed by atoms with Gasteiger partial charge in [0, 0.05) is 6.07 Å². The Hall–Kier alpha value is -1.38. The largest absolute Gasteiger partial charge is 0.508 e. The first-order chi connectivity index (χ1) is 8.94. The number of hydrogen-bond acceptors (Lipinski definition) is 3. The maximum atomic E-state index is 9.60. The van der Waals surface area contributed by atoms with Crippen LogP contribution in [0.2, 0.25) is 0 Å².